The normalized spacial score (nSPS) is 8.70. The van der Waals surface area contributed by atoms with Gasteiger partial charge in [0.15, 0.2) is 5.16 Å². The summed E-state index contributed by atoms with van der Waals surface area (Å²) < 4.78 is 4.01. The minimum Gasteiger partial charge on any atom is -0.358 e. The van der Waals surface area contributed by atoms with Crippen molar-refractivity contribution >= 4 is 5.82 Å². The molecular formula is C4HN3O3. The second-order valence-electron chi connectivity index (χ2n) is 1.34. The lowest BCUT2D eigenvalue weighted by atomic mass is 10.5. The van der Waals surface area contributed by atoms with Gasteiger partial charge in [0.05, 0.1) is 0 Å². The Balaban J connectivity index is 3.17. The molecule has 0 spiro atoms. The molecule has 0 saturated carbocycles. The summed E-state index contributed by atoms with van der Waals surface area (Å²) >= 11 is 0. The van der Waals surface area contributed by atoms with Gasteiger partial charge in [-0.3, -0.25) is 0 Å². The van der Waals surface area contributed by atoms with E-state index in [1.807, 2.05) is 5.92 Å². The third-order valence-electron chi connectivity index (χ3n) is 0.781. The smallest absolute Gasteiger partial charge is 0.358 e. The minimum atomic E-state index is -0.758. The van der Waals surface area contributed by atoms with Gasteiger partial charge in [0.2, 0.25) is 0 Å². The zero-order valence-electron chi connectivity index (χ0n) is 4.64. The number of nitro groups is 1. The quantitative estimate of drug-likeness (QED) is 0.309. The molecule has 0 aliphatic heterocycles. The van der Waals surface area contributed by atoms with Crippen molar-refractivity contribution in [3.8, 4) is 12.3 Å². The highest BCUT2D eigenvalue weighted by Gasteiger charge is 2.19. The topological polar surface area (TPSA) is 82.1 Å². The molecule has 0 aromatic carbocycles. The van der Waals surface area contributed by atoms with E-state index in [1.54, 1.807) is 0 Å². The predicted octanol–water partition coefficient (Wildman–Crippen LogP) is -0.0409. The zero-order chi connectivity index (χ0) is 7.56. The van der Waals surface area contributed by atoms with Crippen LogP contribution in [-0.2, 0) is 0 Å². The standard InChI is InChI=1S/C4HN3O3/c1-2-3-4(7(8)9)6-10-5-3/h1H. The van der Waals surface area contributed by atoms with Crippen molar-refractivity contribution in [2.45, 2.75) is 0 Å². The van der Waals surface area contributed by atoms with E-state index in [0.717, 1.165) is 0 Å². The van der Waals surface area contributed by atoms with E-state index in [2.05, 4.69) is 14.9 Å². The Kier molecular flexibility index (Phi) is 1.33. The highest BCUT2D eigenvalue weighted by molar-refractivity contribution is 5.36. The van der Waals surface area contributed by atoms with Gasteiger partial charge in [-0.1, -0.05) is 0 Å². The Morgan fingerprint density at radius 3 is 2.80 bits per heavy atom. The lowest BCUT2D eigenvalue weighted by Gasteiger charge is -1.81. The van der Waals surface area contributed by atoms with Crippen LogP contribution in [0.2, 0.25) is 0 Å². The van der Waals surface area contributed by atoms with E-state index in [4.69, 9.17) is 6.42 Å². The SMILES string of the molecule is C#Cc1nonc1[N+](=O)[O-]. The van der Waals surface area contributed by atoms with Gasteiger partial charge in [-0.15, -0.1) is 11.1 Å². The summed E-state index contributed by atoms with van der Waals surface area (Å²) in [5.41, 5.74) is -0.190. The van der Waals surface area contributed by atoms with Crippen molar-refractivity contribution in [2.75, 3.05) is 0 Å². The molecule has 0 N–H and O–H groups in total. The second-order valence-corrected chi connectivity index (χ2v) is 1.34. The summed E-state index contributed by atoms with van der Waals surface area (Å²) in [6.07, 6.45) is 4.82. The van der Waals surface area contributed by atoms with E-state index >= 15 is 0 Å². The average molecular weight is 139 g/mol. The van der Waals surface area contributed by atoms with Crippen LogP contribution in [0.3, 0.4) is 0 Å². The van der Waals surface area contributed by atoms with E-state index in [0.29, 0.717) is 0 Å². The number of rotatable bonds is 1. The third-order valence-corrected chi connectivity index (χ3v) is 0.781. The third kappa shape index (κ3) is 0.798. The van der Waals surface area contributed by atoms with E-state index < -0.39 is 10.7 Å². The molecule has 0 amide bonds. The Labute approximate surface area is 54.9 Å². The summed E-state index contributed by atoms with van der Waals surface area (Å²) in [5, 5.41) is 16.0. The molecule has 10 heavy (non-hydrogen) atoms. The Bertz CT molecular complexity index is 297. The Morgan fingerprint density at radius 1 is 1.70 bits per heavy atom. The molecule has 0 aliphatic carbocycles. The summed E-state index contributed by atoms with van der Waals surface area (Å²) in [4.78, 5) is 9.23. The monoisotopic (exact) mass is 139 g/mol. The largest absolute Gasteiger partial charge is 0.450 e. The van der Waals surface area contributed by atoms with Gasteiger partial charge in [-0.25, -0.2) is 0 Å². The van der Waals surface area contributed by atoms with Gasteiger partial charge in [0.25, 0.3) is 5.69 Å². The number of nitrogens with zero attached hydrogens (tertiary/aromatic N) is 3. The van der Waals surface area contributed by atoms with Crippen molar-refractivity contribution < 1.29 is 9.55 Å². The van der Waals surface area contributed by atoms with Crippen molar-refractivity contribution in [1.82, 2.24) is 10.3 Å². The highest BCUT2D eigenvalue weighted by Crippen LogP contribution is 2.09. The maximum Gasteiger partial charge on any atom is 0.450 e. The number of terminal acetylenes is 1. The van der Waals surface area contributed by atoms with Crippen LogP contribution in [-0.4, -0.2) is 15.2 Å². The number of hydrogen-bond acceptors (Lipinski definition) is 5. The van der Waals surface area contributed by atoms with Crippen LogP contribution in [0.5, 0.6) is 0 Å². The van der Waals surface area contributed by atoms with E-state index in [1.165, 1.54) is 0 Å². The fraction of sp³-hybridized carbons (Fsp3) is 0. The molecule has 0 aliphatic rings. The van der Waals surface area contributed by atoms with Crippen LogP contribution in [0.25, 0.3) is 0 Å². The summed E-state index contributed by atoms with van der Waals surface area (Å²) in [7, 11) is 0. The molecule has 50 valence electrons. The number of aromatic nitrogens is 2. The molecule has 6 nitrogen and oxygen atoms in total. The molecule has 1 heterocycles. The first kappa shape index (κ1) is 6.22. The van der Waals surface area contributed by atoms with E-state index in [9.17, 15) is 10.1 Å². The Hall–Kier alpha value is -1.90. The van der Waals surface area contributed by atoms with Crippen LogP contribution in [0.1, 0.15) is 5.69 Å². The van der Waals surface area contributed by atoms with Gasteiger partial charge in [0.1, 0.15) is 0 Å². The molecule has 0 saturated heterocycles. The van der Waals surface area contributed by atoms with Crippen LogP contribution in [0, 0.1) is 22.5 Å². The first-order valence-electron chi connectivity index (χ1n) is 2.19. The molecule has 0 radical (unpaired) electrons. The maximum atomic E-state index is 9.99. The lowest BCUT2D eigenvalue weighted by molar-refractivity contribution is -0.391. The molecule has 1 rings (SSSR count). The maximum absolute atomic E-state index is 9.99. The first-order valence-corrected chi connectivity index (χ1v) is 2.19. The molecular weight excluding hydrogens is 138 g/mol. The first-order chi connectivity index (χ1) is 4.75. The highest BCUT2D eigenvalue weighted by atomic mass is 16.6. The van der Waals surface area contributed by atoms with Crippen molar-refractivity contribution in [3.63, 3.8) is 0 Å². The van der Waals surface area contributed by atoms with Crippen LogP contribution in [0.15, 0.2) is 4.63 Å². The molecule has 0 bridgehead atoms. The van der Waals surface area contributed by atoms with Crippen molar-refractivity contribution in [3.05, 3.63) is 15.8 Å². The summed E-state index contributed by atoms with van der Waals surface area (Å²) in [5.74, 6) is 1.42. The van der Waals surface area contributed by atoms with Gasteiger partial charge >= 0.3 is 5.82 Å². The average Bonchev–Trinajstić information content (AvgIpc) is 2.33. The van der Waals surface area contributed by atoms with Crippen molar-refractivity contribution in [1.29, 1.82) is 0 Å². The predicted molar refractivity (Wildman–Crippen MR) is 28.9 cm³/mol. The second kappa shape index (κ2) is 2.14. The molecule has 1 aromatic rings. The van der Waals surface area contributed by atoms with Gasteiger partial charge in [-0.2, -0.15) is 0 Å². The fourth-order valence-electron chi connectivity index (χ4n) is 0.395. The van der Waals surface area contributed by atoms with Gasteiger partial charge in [0, 0.05) is 0 Å². The minimum absolute atomic E-state index is 0.190. The zero-order valence-corrected chi connectivity index (χ0v) is 4.64. The van der Waals surface area contributed by atoms with Crippen molar-refractivity contribution in [2.24, 2.45) is 0 Å². The van der Waals surface area contributed by atoms with Gasteiger partial charge < -0.3 is 10.1 Å². The fourth-order valence-corrected chi connectivity index (χ4v) is 0.395. The number of hydrogen-bond donors (Lipinski definition) is 0. The van der Waals surface area contributed by atoms with Gasteiger partial charge in [-0.05, 0) is 16.0 Å². The Morgan fingerprint density at radius 2 is 2.40 bits per heavy atom. The van der Waals surface area contributed by atoms with Crippen LogP contribution in [0.4, 0.5) is 5.82 Å². The summed E-state index contributed by atoms with van der Waals surface area (Å²) in [6, 6.07) is 0. The van der Waals surface area contributed by atoms with E-state index in [-0.39, 0.29) is 5.69 Å². The molecule has 1 aromatic heterocycles. The molecule has 6 heteroatoms. The van der Waals surface area contributed by atoms with Crippen LogP contribution >= 0.6 is 0 Å². The lowest BCUT2D eigenvalue weighted by Crippen LogP contribution is -1.90. The summed E-state index contributed by atoms with van der Waals surface area (Å²) in [6.45, 7) is 0. The molecule has 0 fully saturated rings. The molecule has 0 atom stereocenters. The van der Waals surface area contributed by atoms with Crippen LogP contribution < -0.4 is 0 Å². The molecule has 0 unspecified atom stereocenters.